The molecule has 0 radical (unpaired) electrons. The third-order valence-corrected chi connectivity index (χ3v) is 2.58. The third kappa shape index (κ3) is 1.68. The second-order valence-corrected chi connectivity index (χ2v) is 3.29. The van der Waals surface area contributed by atoms with Gasteiger partial charge in [-0.25, -0.2) is 6.08 Å². The van der Waals surface area contributed by atoms with Crippen molar-refractivity contribution >= 4 is 0 Å². The van der Waals surface area contributed by atoms with E-state index in [-0.39, 0.29) is 21.7 Å². The van der Waals surface area contributed by atoms with Crippen LogP contribution < -0.4 is 0 Å². The van der Waals surface area contributed by atoms with Gasteiger partial charge in [-0.3, -0.25) is 6.08 Å². The smallest absolute Gasteiger partial charge is 0 e. The van der Waals surface area contributed by atoms with E-state index in [1.54, 1.807) is 11.1 Å². The Bertz CT molecular complexity index is 201. The molecule has 0 aliphatic heterocycles. The van der Waals surface area contributed by atoms with Crippen LogP contribution in [-0.4, -0.2) is 0 Å². The van der Waals surface area contributed by atoms with Crippen molar-refractivity contribution in [1.29, 1.82) is 0 Å². The minimum Gasteiger partial charge on any atom is -0.269 e. The SMILES string of the molecule is CC1[C-]=CC2=C1CCCC2.[Ti]. The summed E-state index contributed by atoms with van der Waals surface area (Å²) < 4.78 is 0. The largest absolute Gasteiger partial charge is 0.269 e. The first kappa shape index (κ1) is 9.28. The third-order valence-electron chi connectivity index (χ3n) is 2.58. The van der Waals surface area contributed by atoms with Gasteiger partial charge in [0.25, 0.3) is 0 Å². The van der Waals surface area contributed by atoms with Crippen LogP contribution in [0.5, 0.6) is 0 Å². The van der Waals surface area contributed by atoms with Gasteiger partial charge >= 0.3 is 0 Å². The monoisotopic (exact) mass is 181 g/mol. The maximum absolute atomic E-state index is 3.36. The van der Waals surface area contributed by atoms with Gasteiger partial charge in [0.2, 0.25) is 0 Å². The molecule has 0 aromatic heterocycles. The Labute approximate surface area is 83.6 Å². The van der Waals surface area contributed by atoms with Crippen LogP contribution in [-0.2, 0) is 21.7 Å². The molecule has 0 aromatic rings. The number of hydrogen-bond acceptors (Lipinski definition) is 0. The Morgan fingerprint density at radius 1 is 1.36 bits per heavy atom. The van der Waals surface area contributed by atoms with Crippen molar-refractivity contribution in [3.8, 4) is 0 Å². The van der Waals surface area contributed by atoms with Crippen LogP contribution in [0.4, 0.5) is 0 Å². The van der Waals surface area contributed by atoms with E-state index in [1.807, 2.05) is 0 Å². The second-order valence-electron chi connectivity index (χ2n) is 3.29. The normalized spacial score (nSPS) is 28.3. The number of rotatable bonds is 0. The molecule has 0 nitrogen and oxygen atoms in total. The van der Waals surface area contributed by atoms with Crippen LogP contribution in [0.25, 0.3) is 0 Å². The van der Waals surface area contributed by atoms with Crippen molar-refractivity contribution in [2.45, 2.75) is 32.6 Å². The predicted octanol–water partition coefficient (Wildman–Crippen LogP) is 2.86. The van der Waals surface area contributed by atoms with Crippen LogP contribution in [0.15, 0.2) is 17.2 Å². The van der Waals surface area contributed by atoms with Crippen molar-refractivity contribution in [3.63, 3.8) is 0 Å². The van der Waals surface area contributed by atoms with Crippen LogP contribution in [0.3, 0.4) is 0 Å². The molecule has 1 unspecified atom stereocenters. The maximum Gasteiger partial charge on any atom is 0 e. The minimum atomic E-state index is 0. The zero-order chi connectivity index (χ0) is 6.97. The molecule has 2 rings (SSSR count). The standard InChI is InChI=1S/C10H13.Ti/c1-8-6-7-9-4-2-3-5-10(8)9;/h7-8H,2-5H2,1H3;/q-1;. The fourth-order valence-corrected chi connectivity index (χ4v) is 1.94. The zero-order valence-corrected chi connectivity index (χ0v) is 8.54. The van der Waals surface area contributed by atoms with E-state index in [9.17, 15) is 0 Å². The summed E-state index contributed by atoms with van der Waals surface area (Å²) in [6, 6.07) is 0. The fourth-order valence-electron chi connectivity index (χ4n) is 1.94. The molecule has 1 atom stereocenters. The fraction of sp³-hybridized carbons (Fsp3) is 0.600. The molecule has 1 heteroatoms. The number of allylic oxidation sites excluding steroid dienone is 4. The molecule has 0 aromatic carbocycles. The van der Waals surface area contributed by atoms with Crippen molar-refractivity contribution in [2.24, 2.45) is 5.92 Å². The molecular weight excluding hydrogens is 168 g/mol. The summed E-state index contributed by atoms with van der Waals surface area (Å²) in [6.07, 6.45) is 11.0. The molecule has 2 aliphatic rings. The van der Waals surface area contributed by atoms with Gasteiger partial charge in [0.15, 0.2) is 0 Å². The number of hydrogen-bond donors (Lipinski definition) is 0. The van der Waals surface area contributed by atoms with E-state index in [0.29, 0.717) is 5.92 Å². The van der Waals surface area contributed by atoms with Crippen LogP contribution in [0.2, 0.25) is 0 Å². The van der Waals surface area contributed by atoms with E-state index in [0.717, 1.165) is 0 Å². The van der Waals surface area contributed by atoms with E-state index in [2.05, 4.69) is 19.1 Å². The van der Waals surface area contributed by atoms with Crippen molar-refractivity contribution in [2.75, 3.05) is 0 Å². The topological polar surface area (TPSA) is 0 Å². The Morgan fingerprint density at radius 2 is 2.09 bits per heavy atom. The van der Waals surface area contributed by atoms with Gasteiger partial charge in [0.1, 0.15) is 0 Å². The summed E-state index contributed by atoms with van der Waals surface area (Å²) in [6.45, 7) is 2.25. The molecule has 0 amide bonds. The van der Waals surface area contributed by atoms with Gasteiger partial charge in [0, 0.05) is 21.7 Å². The first-order valence-electron chi connectivity index (χ1n) is 4.19. The van der Waals surface area contributed by atoms with Gasteiger partial charge in [-0.2, -0.15) is 11.1 Å². The molecule has 0 saturated carbocycles. The summed E-state index contributed by atoms with van der Waals surface area (Å²) in [7, 11) is 0. The Balaban J connectivity index is 0.000000605. The average molecular weight is 181 g/mol. The molecule has 0 fully saturated rings. The molecule has 11 heavy (non-hydrogen) atoms. The zero-order valence-electron chi connectivity index (χ0n) is 6.98. The summed E-state index contributed by atoms with van der Waals surface area (Å²) >= 11 is 0. The van der Waals surface area contributed by atoms with E-state index in [1.165, 1.54) is 25.7 Å². The van der Waals surface area contributed by atoms with E-state index in [4.69, 9.17) is 0 Å². The molecule has 0 spiro atoms. The van der Waals surface area contributed by atoms with Crippen molar-refractivity contribution in [1.82, 2.24) is 0 Å². The van der Waals surface area contributed by atoms with Gasteiger partial charge < -0.3 is 0 Å². The van der Waals surface area contributed by atoms with E-state index < -0.39 is 0 Å². The summed E-state index contributed by atoms with van der Waals surface area (Å²) in [5.41, 5.74) is 3.27. The van der Waals surface area contributed by atoms with E-state index >= 15 is 0 Å². The molecule has 0 saturated heterocycles. The summed E-state index contributed by atoms with van der Waals surface area (Å²) in [4.78, 5) is 0. The minimum absolute atomic E-state index is 0. The van der Waals surface area contributed by atoms with Gasteiger partial charge in [-0.15, -0.1) is 0 Å². The average Bonchev–Trinajstić information content (AvgIpc) is 2.34. The Hall–Kier alpha value is 0.194. The maximum atomic E-state index is 3.36. The van der Waals surface area contributed by atoms with Crippen LogP contribution in [0, 0.1) is 12.0 Å². The van der Waals surface area contributed by atoms with Crippen LogP contribution in [0.1, 0.15) is 32.6 Å². The molecule has 58 valence electrons. The molecule has 0 N–H and O–H groups in total. The van der Waals surface area contributed by atoms with Gasteiger partial charge in [-0.1, -0.05) is 32.1 Å². The van der Waals surface area contributed by atoms with Gasteiger partial charge in [0.05, 0.1) is 0 Å². The van der Waals surface area contributed by atoms with Gasteiger partial charge in [-0.05, 0) is 6.42 Å². The predicted molar refractivity (Wildman–Crippen MR) is 42.5 cm³/mol. The molecule has 2 aliphatic carbocycles. The van der Waals surface area contributed by atoms with Crippen LogP contribution >= 0.6 is 0 Å². The quantitative estimate of drug-likeness (QED) is 0.398. The summed E-state index contributed by atoms with van der Waals surface area (Å²) in [5, 5.41) is 0. The molecule has 0 heterocycles. The first-order valence-corrected chi connectivity index (χ1v) is 4.19. The van der Waals surface area contributed by atoms with Crippen molar-refractivity contribution in [3.05, 3.63) is 23.3 Å². The summed E-state index contributed by atoms with van der Waals surface area (Å²) in [5.74, 6) is 0.635. The Kier molecular flexibility index (Phi) is 3.15. The van der Waals surface area contributed by atoms with Crippen molar-refractivity contribution < 1.29 is 21.7 Å². The Morgan fingerprint density at radius 3 is 2.82 bits per heavy atom. The molecular formula is C10H13Ti-. The first-order chi connectivity index (χ1) is 4.88. The molecule has 0 bridgehead atoms. The second kappa shape index (κ2) is 3.73.